The van der Waals surface area contributed by atoms with Gasteiger partial charge in [0, 0.05) is 12.1 Å². The van der Waals surface area contributed by atoms with Gasteiger partial charge in [0.15, 0.2) is 5.78 Å². The van der Waals surface area contributed by atoms with Gasteiger partial charge in [0.1, 0.15) is 0 Å². The lowest BCUT2D eigenvalue weighted by molar-refractivity contribution is 0.0936. The molecule has 1 heterocycles. The largest absolute Gasteiger partial charge is 0.295 e. The lowest BCUT2D eigenvalue weighted by Gasteiger charge is -2.26. The van der Waals surface area contributed by atoms with E-state index in [0.717, 1.165) is 18.7 Å². The van der Waals surface area contributed by atoms with Crippen LogP contribution in [0.2, 0.25) is 0 Å². The minimum atomic E-state index is 0.253. The summed E-state index contributed by atoms with van der Waals surface area (Å²) in [6, 6.07) is 7.92. The molecule has 0 unspecified atom stereocenters. The highest BCUT2D eigenvalue weighted by molar-refractivity contribution is 5.97. The van der Waals surface area contributed by atoms with Crippen molar-refractivity contribution < 1.29 is 4.79 Å². The molecule has 0 N–H and O–H groups in total. The van der Waals surface area contributed by atoms with Gasteiger partial charge in [0.2, 0.25) is 0 Å². The van der Waals surface area contributed by atoms with Gasteiger partial charge >= 0.3 is 0 Å². The minimum Gasteiger partial charge on any atom is -0.295 e. The molecule has 0 atom stereocenters. The standard InChI is InChI=1S/C17H25NO/c1-4-17(5-2)10-11-18(13-17)12-16(19)15-8-6-14(3)7-9-15/h6-9H,4-5,10-13H2,1-3H3. The number of hydrogen-bond acceptors (Lipinski definition) is 2. The van der Waals surface area contributed by atoms with Gasteiger partial charge in [-0.15, -0.1) is 0 Å². The molecule has 0 spiro atoms. The Morgan fingerprint density at radius 1 is 1.21 bits per heavy atom. The topological polar surface area (TPSA) is 20.3 Å². The summed E-state index contributed by atoms with van der Waals surface area (Å²) in [6.07, 6.45) is 3.68. The first-order valence-electron chi connectivity index (χ1n) is 7.41. The first kappa shape index (κ1) is 14.3. The molecule has 1 saturated heterocycles. The number of rotatable bonds is 5. The predicted molar refractivity (Wildman–Crippen MR) is 79.6 cm³/mol. The zero-order chi connectivity index (χ0) is 13.9. The van der Waals surface area contributed by atoms with Gasteiger partial charge in [-0.3, -0.25) is 9.69 Å². The van der Waals surface area contributed by atoms with Crippen LogP contribution >= 0.6 is 0 Å². The monoisotopic (exact) mass is 259 g/mol. The van der Waals surface area contributed by atoms with E-state index in [1.54, 1.807) is 0 Å². The van der Waals surface area contributed by atoms with E-state index in [4.69, 9.17) is 0 Å². The van der Waals surface area contributed by atoms with E-state index in [1.807, 2.05) is 31.2 Å². The van der Waals surface area contributed by atoms with Crippen LogP contribution < -0.4 is 0 Å². The normalized spacial score (nSPS) is 18.7. The molecule has 1 aromatic carbocycles. The number of benzene rings is 1. The molecular formula is C17H25NO. The second kappa shape index (κ2) is 5.87. The van der Waals surface area contributed by atoms with Crippen LogP contribution in [-0.4, -0.2) is 30.3 Å². The van der Waals surface area contributed by atoms with Crippen LogP contribution in [0, 0.1) is 12.3 Å². The predicted octanol–water partition coefficient (Wildman–Crippen LogP) is 3.69. The highest BCUT2D eigenvalue weighted by Crippen LogP contribution is 2.36. The zero-order valence-corrected chi connectivity index (χ0v) is 12.4. The Morgan fingerprint density at radius 2 is 1.84 bits per heavy atom. The summed E-state index contributed by atoms with van der Waals surface area (Å²) in [5, 5.41) is 0. The van der Waals surface area contributed by atoms with Gasteiger partial charge in [-0.1, -0.05) is 43.7 Å². The maximum absolute atomic E-state index is 12.3. The van der Waals surface area contributed by atoms with Crippen molar-refractivity contribution in [1.29, 1.82) is 0 Å². The number of ketones is 1. The molecule has 1 aromatic rings. The second-order valence-corrected chi connectivity index (χ2v) is 5.96. The Labute approximate surface area is 116 Å². The van der Waals surface area contributed by atoms with E-state index in [0.29, 0.717) is 12.0 Å². The van der Waals surface area contributed by atoms with E-state index in [-0.39, 0.29) is 5.78 Å². The lowest BCUT2D eigenvalue weighted by Crippen LogP contribution is -2.30. The number of Topliss-reactive ketones (excluding diaryl/α,β-unsaturated/α-hetero) is 1. The van der Waals surface area contributed by atoms with Crippen molar-refractivity contribution >= 4 is 5.78 Å². The fourth-order valence-electron chi connectivity index (χ4n) is 3.02. The molecule has 1 aliphatic rings. The van der Waals surface area contributed by atoms with Crippen molar-refractivity contribution in [2.75, 3.05) is 19.6 Å². The van der Waals surface area contributed by atoms with Gasteiger partial charge < -0.3 is 0 Å². The van der Waals surface area contributed by atoms with Crippen molar-refractivity contribution in [2.24, 2.45) is 5.41 Å². The summed E-state index contributed by atoms with van der Waals surface area (Å²) in [5.41, 5.74) is 2.50. The third kappa shape index (κ3) is 3.24. The van der Waals surface area contributed by atoms with Gasteiger partial charge in [-0.2, -0.15) is 0 Å². The molecule has 0 bridgehead atoms. The van der Waals surface area contributed by atoms with Crippen LogP contribution in [0.4, 0.5) is 0 Å². The number of nitrogens with zero attached hydrogens (tertiary/aromatic N) is 1. The van der Waals surface area contributed by atoms with Crippen molar-refractivity contribution in [3.05, 3.63) is 35.4 Å². The maximum atomic E-state index is 12.3. The van der Waals surface area contributed by atoms with Crippen LogP contribution in [0.5, 0.6) is 0 Å². The summed E-state index contributed by atoms with van der Waals surface area (Å²) in [4.78, 5) is 14.6. The van der Waals surface area contributed by atoms with E-state index in [1.165, 1.54) is 24.8 Å². The third-order valence-corrected chi connectivity index (χ3v) is 4.76. The van der Waals surface area contributed by atoms with Crippen LogP contribution in [0.1, 0.15) is 49.0 Å². The highest BCUT2D eigenvalue weighted by atomic mass is 16.1. The van der Waals surface area contributed by atoms with Crippen molar-refractivity contribution in [3.8, 4) is 0 Å². The van der Waals surface area contributed by atoms with Crippen LogP contribution in [0.15, 0.2) is 24.3 Å². The average Bonchev–Trinajstić information content (AvgIpc) is 2.83. The summed E-state index contributed by atoms with van der Waals surface area (Å²) in [7, 11) is 0. The Bertz CT molecular complexity index is 431. The SMILES string of the molecule is CCC1(CC)CCN(CC(=O)c2ccc(C)cc2)C1. The first-order valence-corrected chi connectivity index (χ1v) is 7.41. The molecule has 0 aliphatic carbocycles. The van der Waals surface area contributed by atoms with E-state index in [2.05, 4.69) is 18.7 Å². The van der Waals surface area contributed by atoms with E-state index < -0.39 is 0 Å². The smallest absolute Gasteiger partial charge is 0.176 e. The van der Waals surface area contributed by atoms with Gasteiger partial charge in [-0.25, -0.2) is 0 Å². The molecule has 104 valence electrons. The molecule has 2 rings (SSSR count). The third-order valence-electron chi connectivity index (χ3n) is 4.76. The number of likely N-dealkylation sites (tertiary alicyclic amines) is 1. The van der Waals surface area contributed by atoms with Crippen molar-refractivity contribution in [2.45, 2.75) is 40.0 Å². The number of carbonyl (C=O) groups excluding carboxylic acids is 1. The minimum absolute atomic E-state index is 0.253. The fraction of sp³-hybridized carbons (Fsp3) is 0.588. The number of carbonyl (C=O) groups is 1. The summed E-state index contributed by atoms with van der Waals surface area (Å²) in [6.45, 7) is 9.32. The summed E-state index contributed by atoms with van der Waals surface area (Å²) in [5.74, 6) is 0.253. The molecule has 0 aromatic heterocycles. The summed E-state index contributed by atoms with van der Waals surface area (Å²) < 4.78 is 0. The lowest BCUT2D eigenvalue weighted by atomic mass is 9.82. The van der Waals surface area contributed by atoms with Gasteiger partial charge in [0.25, 0.3) is 0 Å². The molecule has 0 amide bonds. The molecule has 19 heavy (non-hydrogen) atoms. The Morgan fingerprint density at radius 3 is 2.37 bits per heavy atom. The molecule has 1 fully saturated rings. The first-order chi connectivity index (χ1) is 9.08. The Kier molecular flexibility index (Phi) is 4.41. The number of aryl methyl sites for hydroxylation is 1. The van der Waals surface area contributed by atoms with Crippen LogP contribution in [-0.2, 0) is 0 Å². The average molecular weight is 259 g/mol. The van der Waals surface area contributed by atoms with E-state index in [9.17, 15) is 4.79 Å². The number of hydrogen-bond donors (Lipinski definition) is 0. The van der Waals surface area contributed by atoms with Crippen molar-refractivity contribution in [3.63, 3.8) is 0 Å². The molecule has 0 radical (unpaired) electrons. The fourth-order valence-corrected chi connectivity index (χ4v) is 3.02. The summed E-state index contributed by atoms with van der Waals surface area (Å²) >= 11 is 0. The van der Waals surface area contributed by atoms with Gasteiger partial charge in [-0.05, 0) is 38.1 Å². The highest BCUT2D eigenvalue weighted by Gasteiger charge is 2.35. The molecular weight excluding hydrogens is 234 g/mol. The van der Waals surface area contributed by atoms with E-state index >= 15 is 0 Å². The van der Waals surface area contributed by atoms with Gasteiger partial charge in [0.05, 0.1) is 6.54 Å². The molecule has 1 aliphatic heterocycles. The van der Waals surface area contributed by atoms with Crippen LogP contribution in [0.25, 0.3) is 0 Å². The Hall–Kier alpha value is -1.15. The molecule has 2 heteroatoms. The van der Waals surface area contributed by atoms with Crippen LogP contribution in [0.3, 0.4) is 0 Å². The molecule has 2 nitrogen and oxygen atoms in total. The maximum Gasteiger partial charge on any atom is 0.176 e. The quantitative estimate of drug-likeness (QED) is 0.752. The molecule has 0 saturated carbocycles. The zero-order valence-electron chi connectivity index (χ0n) is 12.4. The second-order valence-electron chi connectivity index (χ2n) is 5.96. The Balaban J connectivity index is 1.95. The van der Waals surface area contributed by atoms with Crippen molar-refractivity contribution in [1.82, 2.24) is 4.90 Å².